The average Bonchev–Trinajstić information content (AvgIpc) is 2.91. The van der Waals surface area contributed by atoms with Crippen LogP contribution in [0.3, 0.4) is 0 Å². The molecule has 0 saturated heterocycles. The smallest absolute Gasteiger partial charge is 0.411 e. The molecule has 0 fully saturated rings. The number of nitrogens with one attached hydrogen (secondary N) is 1. The van der Waals surface area contributed by atoms with Crippen molar-refractivity contribution >= 4 is 29.4 Å². The summed E-state index contributed by atoms with van der Waals surface area (Å²) in [5, 5.41) is 15.1. The lowest BCUT2D eigenvalue weighted by molar-refractivity contribution is -0.135. The number of esters is 1. The lowest BCUT2D eigenvalue weighted by Gasteiger charge is -2.33. The third-order valence-corrected chi connectivity index (χ3v) is 5.88. The fourth-order valence-electron chi connectivity index (χ4n) is 3.94. The molecule has 0 bridgehead atoms. The summed E-state index contributed by atoms with van der Waals surface area (Å²) in [5.41, 5.74) is 0.616. The largest absolute Gasteiger partial charge is 0.497 e. The maximum Gasteiger partial charge on any atom is 0.411 e. The SMILES string of the molecule is CCOC(=O)/C(CCCCC[C@@H](C(=O)Nc1ccccc1)N(Cc1ccc(OC)cc1)C(=O)OC(C)(C)C)=N/O. The highest BCUT2D eigenvalue weighted by Crippen LogP contribution is 2.22. The number of carbonyl (C=O) groups is 3. The maximum atomic E-state index is 13.6. The van der Waals surface area contributed by atoms with Crippen LogP contribution in [0.15, 0.2) is 59.8 Å². The van der Waals surface area contributed by atoms with E-state index in [0.29, 0.717) is 37.1 Å². The molecule has 10 nitrogen and oxygen atoms in total. The van der Waals surface area contributed by atoms with Gasteiger partial charge >= 0.3 is 12.1 Å². The van der Waals surface area contributed by atoms with E-state index in [9.17, 15) is 14.4 Å². The number of amides is 2. The zero-order valence-electron chi connectivity index (χ0n) is 24.0. The Morgan fingerprint density at radius 1 is 1.00 bits per heavy atom. The van der Waals surface area contributed by atoms with Gasteiger partial charge in [0.1, 0.15) is 17.4 Å². The Labute approximate surface area is 236 Å². The van der Waals surface area contributed by atoms with Crippen LogP contribution in [0, 0.1) is 0 Å². The molecule has 0 heterocycles. The van der Waals surface area contributed by atoms with Crippen molar-refractivity contribution in [2.75, 3.05) is 19.0 Å². The second-order valence-corrected chi connectivity index (χ2v) is 10.2. The number of benzene rings is 2. The van der Waals surface area contributed by atoms with E-state index in [2.05, 4.69) is 10.5 Å². The molecule has 0 aliphatic rings. The molecule has 0 radical (unpaired) electrons. The Kier molecular flexibility index (Phi) is 13.0. The molecular formula is C30H41N3O7. The molecule has 0 aliphatic carbocycles. The summed E-state index contributed by atoms with van der Waals surface area (Å²) in [6.07, 6.45) is 1.70. The van der Waals surface area contributed by atoms with Crippen LogP contribution in [0.1, 0.15) is 65.4 Å². The molecule has 0 saturated carbocycles. The summed E-state index contributed by atoms with van der Waals surface area (Å²) < 4.78 is 15.9. The Balaban J connectivity index is 2.25. The van der Waals surface area contributed by atoms with Crippen LogP contribution in [0.2, 0.25) is 0 Å². The molecule has 2 rings (SSSR count). The van der Waals surface area contributed by atoms with Gasteiger partial charge in [0, 0.05) is 18.7 Å². The molecule has 10 heteroatoms. The molecule has 2 aromatic rings. The first-order valence-electron chi connectivity index (χ1n) is 13.4. The van der Waals surface area contributed by atoms with Crippen LogP contribution < -0.4 is 10.1 Å². The van der Waals surface area contributed by atoms with E-state index in [4.69, 9.17) is 19.4 Å². The minimum absolute atomic E-state index is 0.0462. The first-order chi connectivity index (χ1) is 19.1. The highest BCUT2D eigenvalue weighted by atomic mass is 16.6. The number of rotatable bonds is 14. The zero-order chi connectivity index (χ0) is 29.5. The summed E-state index contributed by atoms with van der Waals surface area (Å²) in [6, 6.07) is 15.5. The van der Waals surface area contributed by atoms with Crippen molar-refractivity contribution in [1.29, 1.82) is 0 Å². The van der Waals surface area contributed by atoms with Crippen LogP contribution in [-0.2, 0) is 25.6 Å². The number of ether oxygens (including phenoxy) is 3. The Morgan fingerprint density at radius 2 is 1.68 bits per heavy atom. The van der Waals surface area contributed by atoms with Gasteiger partial charge in [-0.1, -0.05) is 48.3 Å². The maximum absolute atomic E-state index is 13.6. The van der Waals surface area contributed by atoms with Crippen LogP contribution in [0.5, 0.6) is 5.75 Å². The highest BCUT2D eigenvalue weighted by molar-refractivity contribution is 6.36. The summed E-state index contributed by atoms with van der Waals surface area (Å²) in [4.78, 5) is 40.4. The van der Waals surface area contributed by atoms with Crippen LogP contribution >= 0.6 is 0 Å². The quantitative estimate of drug-likeness (QED) is 0.0994. The number of anilines is 1. The number of oxime groups is 1. The van der Waals surface area contributed by atoms with E-state index in [-0.39, 0.29) is 31.2 Å². The van der Waals surface area contributed by atoms with Gasteiger partial charge < -0.3 is 24.7 Å². The van der Waals surface area contributed by atoms with Gasteiger partial charge in [0.15, 0.2) is 5.71 Å². The zero-order valence-corrected chi connectivity index (χ0v) is 24.0. The van der Waals surface area contributed by atoms with Crippen LogP contribution in [0.25, 0.3) is 0 Å². The lowest BCUT2D eigenvalue weighted by atomic mass is 10.0. The van der Waals surface area contributed by atoms with Crippen molar-refractivity contribution in [3.8, 4) is 5.75 Å². The number of carbonyl (C=O) groups excluding carboxylic acids is 3. The minimum Gasteiger partial charge on any atom is -0.497 e. The third kappa shape index (κ3) is 11.0. The number of hydrogen-bond donors (Lipinski definition) is 2. The van der Waals surface area contributed by atoms with Gasteiger partial charge in [-0.25, -0.2) is 9.59 Å². The van der Waals surface area contributed by atoms with Gasteiger partial charge in [-0.05, 0) is 70.4 Å². The van der Waals surface area contributed by atoms with E-state index >= 15 is 0 Å². The number of unbranched alkanes of at least 4 members (excludes halogenated alkanes) is 2. The lowest BCUT2D eigenvalue weighted by Crippen LogP contribution is -2.48. The molecule has 0 unspecified atom stereocenters. The number of methoxy groups -OCH3 is 1. The molecule has 218 valence electrons. The Morgan fingerprint density at radius 3 is 2.25 bits per heavy atom. The molecule has 0 aromatic heterocycles. The topological polar surface area (TPSA) is 127 Å². The average molecular weight is 556 g/mol. The monoisotopic (exact) mass is 555 g/mol. The molecule has 1 atom stereocenters. The van der Waals surface area contributed by atoms with Gasteiger partial charge in [-0.3, -0.25) is 9.69 Å². The Bertz CT molecular complexity index is 1110. The molecule has 2 N–H and O–H groups in total. The first-order valence-corrected chi connectivity index (χ1v) is 13.4. The first kappa shape index (κ1) is 32.1. The van der Waals surface area contributed by atoms with Crippen LogP contribution in [-0.4, -0.2) is 59.1 Å². The van der Waals surface area contributed by atoms with E-state index in [0.717, 1.165) is 5.56 Å². The summed E-state index contributed by atoms with van der Waals surface area (Å²) in [6.45, 7) is 7.34. The van der Waals surface area contributed by atoms with Gasteiger partial charge in [-0.2, -0.15) is 0 Å². The van der Waals surface area contributed by atoms with E-state index in [1.54, 1.807) is 59.1 Å². The van der Waals surface area contributed by atoms with Gasteiger partial charge in [0.25, 0.3) is 0 Å². The molecule has 2 amide bonds. The molecule has 0 aliphatic heterocycles. The fourth-order valence-corrected chi connectivity index (χ4v) is 3.94. The minimum atomic E-state index is -0.840. The normalized spacial score (nSPS) is 12.3. The second kappa shape index (κ2) is 16.1. The van der Waals surface area contributed by atoms with Crippen LogP contribution in [0.4, 0.5) is 10.5 Å². The summed E-state index contributed by atoms with van der Waals surface area (Å²) in [7, 11) is 1.58. The predicted octanol–water partition coefficient (Wildman–Crippen LogP) is 5.78. The molecule has 2 aromatic carbocycles. The highest BCUT2D eigenvalue weighted by Gasteiger charge is 2.33. The Hall–Kier alpha value is -4.08. The standard InChI is InChI=1S/C30H41N3O7/c1-6-39-28(35)25(32-37)15-11-8-12-16-26(27(34)31-23-13-9-7-10-14-23)33(29(36)40-30(2,3)4)21-22-17-19-24(38-5)20-18-22/h7,9-10,13-14,17-20,26,37H,6,8,11-12,15-16,21H2,1-5H3,(H,31,34)/b32-25+/t26-/m0/s1. The summed E-state index contributed by atoms with van der Waals surface area (Å²) in [5.74, 6) is -0.310. The molecule has 0 spiro atoms. The van der Waals surface area contributed by atoms with Crippen molar-refractivity contribution in [1.82, 2.24) is 4.90 Å². The second-order valence-electron chi connectivity index (χ2n) is 10.2. The fraction of sp³-hybridized carbons (Fsp3) is 0.467. The van der Waals surface area contributed by atoms with Gasteiger partial charge in [0.05, 0.1) is 13.7 Å². The third-order valence-electron chi connectivity index (χ3n) is 5.88. The van der Waals surface area contributed by atoms with Crippen molar-refractivity contribution in [2.24, 2.45) is 5.16 Å². The van der Waals surface area contributed by atoms with Crippen molar-refractivity contribution in [3.63, 3.8) is 0 Å². The van der Waals surface area contributed by atoms with E-state index in [1.807, 2.05) is 30.3 Å². The number of para-hydroxylation sites is 1. The van der Waals surface area contributed by atoms with Crippen molar-refractivity contribution in [2.45, 2.75) is 78.0 Å². The number of hydrogen-bond acceptors (Lipinski definition) is 8. The summed E-state index contributed by atoms with van der Waals surface area (Å²) >= 11 is 0. The molecular weight excluding hydrogens is 514 g/mol. The van der Waals surface area contributed by atoms with E-state index in [1.165, 1.54) is 4.90 Å². The van der Waals surface area contributed by atoms with Gasteiger partial charge in [0.2, 0.25) is 5.91 Å². The van der Waals surface area contributed by atoms with Crippen molar-refractivity contribution in [3.05, 3.63) is 60.2 Å². The molecule has 40 heavy (non-hydrogen) atoms. The van der Waals surface area contributed by atoms with Crippen molar-refractivity contribution < 1.29 is 33.8 Å². The predicted molar refractivity (Wildman–Crippen MR) is 153 cm³/mol. The van der Waals surface area contributed by atoms with Gasteiger partial charge in [-0.15, -0.1) is 0 Å². The van der Waals surface area contributed by atoms with E-state index < -0.39 is 23.7 Å². The number of nitrogens with zero attached hydrogens (tertiary/aromatic N) is 2.